The second kappa shape index (κ2) is 13.2. The molecule has 0 bridgehead atoms. The number of isocyanates is 1. The van der Waals surface area contributed by atoms with Gasteiger partial charge >= 0.3 is 6.09 Å². The lowest BCUT2D eigenvalue weighted by atomic mass is 10.1. The fourth-order valence-electron chi connectivity index (χ4n) is 2.23. The predicted octanol–water partition coefficient (Wildman–Crippen LogP) is 5.89. The Morgan fingerprint density at radius 1 is 0.964 bits per heavy atom. The molecule has 0 atom stereocenters. The molecule has 152 valence electrons. The van der Waals surface area contributed by atoms with Crippen molar-refractivity contribution in [1.82, 2.24) is 0 Å². The molecule has 0 fully saturated rings. The molecule has 6 nitrogen and oxygen atoms in total. The number of amides is 1. The average Bonchev–Trinajstić information content (AvgIpc) is 2.66. The van der Waals surface area contributed by atoms with Crippen LogP contribution in [0.25, 0.3) is 0 Å². The minimum Gasteiger partial charge on any atom is -0.453 e. The number of aliphatic hydroxyl groups excluding tert-OH is 1. The third-order valence-electron chi connectivity index (χ3n) is 3.46. The third-order valence-corrected chi connectivity index (χ3v) is 5.97. The van der Waals surface area contributed by atoms with Gasteiger partial charge < -0.3 is 9.84 Å². The van der Waals surface area contributed by atoms with E-state index >= 15 is 0 Å². The van der Waals surface area contributed by atoms with Gasteiger partial charge in [-0.15, -0.1) is 0 Å². The number of aliphatic hydroxyl groups is 1. The molecule has 0 aliphatic rings. The highest BCUT2D eigenvalue weighted by Crippen LogP contribution is 2.26. The summed E-state index contributed by atoms with van der Waals surface area (Å²) in [6.07, 6.45) is 1.06. The van der Waals surface area contributed by atoms with E-state index in [0.717, 1.165) is 44.0 Å². The molecule has 0 unspecified atom stereocenters. The van der Waals surface area contributed by atoms with Crippen molar-refractivity contribution in [3.63, 3.8) is 0 Å². The molecule has 2 aromatic rings. The Hall–Kier alpha value is -1.99. The number of hydrogen-bond acceptors (Lipinski definition) is 5. The topological polar surface area (TPSA) is 88.0 Å². The molecule has 2 rings (SSSR count). The summed E-state index contributed by atoms with van der Waals surface area (Å²) in [5.74, 6) is 0. The van der Waals surface area contributed by atoms with Crippen LogP contribution in [0, 0.1) is 27.7 Å². The highest BCUT2D eigenvalue weighted by molar-refractivity contribution is 9.10. The van der Waals surface area contributed by atoms with Crippen LogP contribution in [0.1, 0.15) is 22.3 Å². The number of carbonyl (C=O) groups is 1. The number of rotatable bonds is 2. The number of aryl methyl sites for hydroxylation is 4. The molecule has 0 saturated carbocycles. The second-order valence-corrected chi connectivity index (χ2v) is 7.22. The Labute approximate surface area is 182 Å². The Morgan fingerprint density at radius 2 is 1.36 bits per heavy atom. The van der Waals surface area contributed by atoms with Crippen molar-refractivity contribution < 1.29 is 19.4 Å². The lowest BCUT2D eigenvalue weighted by Crippen LogP contribution is -2.11. The number of aliphatic imine (C=N–C) groups is 1. The van der Waals surface area contributed by atoms with Gasteiger partial charge in [-0.2, -0.15) is 4.99 Å². The van der Waals surface area contributed by atoms with E-state index in [1.165, 1.54) is 13.2 Å². The van der Waals surface area contributed by atoms with Crippen molar-refractivity contribution in [3.05, 3.63) is 55.5 Å². The summed E-state index contributed by atoms with van der Waals surface area (Å²) in [7, 11) is 2.34. The van der Waals surface area contributed by atoms with E-state index in [-0.39, 0.29) is 0 Å². The van der Waals surface area contributed by atoms with E-state index < -0.39 is 6.09 Å². The third kappa shape index (κ3) is 8.35. The SMILES string of the molecule is CO.COC(=O)Nc1cc(C)c(Br)c(C)c1.Cc1cc(N=C=O)cc(C)c1Br. The first-order chi connectivity index (χ1) is 13.2. The van der Waals surface area contributed by atoms with E-state index in [9.17, 15) is 9.59 Å². The number of carbonyl (C=O) groups excluding carboxylic acids is 2. The van der Waals surface area contributed by atoms with Gasteiger partial charge in [0.25, 0.3) is 0 Å². The van der Waals surface area contributed by atoms with Crippen LogP contribution in [0.4, 0.5) is 16.2 Å². The van der Waals surface area contributed by atoms with E-state index in [1.807, 2.05) is 52.0 Å². The fraction of sp³-hybridized carbons (Fsp3) is 0.300. The number of benzene rings is 2. The number of ether oxygens (including phenoxy) is 1. The molecule has 28 heavy (non-hydrogen) atoms. The molecule has 0 aliphatic heterocycles. The number of nitrogens with zero attached hydrogens (tertiary/aromatic N) is 1. The largest absolute Gasteiger partial charge is 0.453 e. The quantitative estimate of drug-likeness (QED) is 0.385. The van der Waals surface area contributed by atoms with Crippen molar-refractivity contribution in [1.29, 1.82) is 0 Å². The normalized spacial score (nSPS) is 9.04. The van der Waals surface area contributed by atoms with E-state index in [4.69, 9.17) is 5.11 Å². The summed E-state index contributed by atoms with van der Waals surface area (Å²) in [4.78, 5) is 24.5. The fourth-order valence-corrected chi connectivity index (χ4v) is 2.69. The van der Waals surface area contributed by atoms with Gasteiger partial charge in [-0.1, -0.05) is 31.9 Å². The number of nitrogens with one attached hydrogen (secondary N) is 1. The summed E-state index contributed by atoms with van der Waals surface area (Å²) < 4.78 is 6.63. The summed E-state index contributed by atoms with van der Waals surface area (Å²) >= 11 is 6.88. The molecular formula is C20H24Br2N2O4. The average molecular weight is 516 g/mol. The Kier molecular flexibility index (Phi) is 12.3. The molecule has 2 N–H and O–H groups in total. The van der Waals surface area contributed by atoms with Gasteiger partial charge in [-0.05, 0) is 74.2 Å². The molecule has 0 aromatic heterocycles. The minimum atomic E-state index is -0.453. The molecule has 1 amide bonds. The van der Waals surface area contributed by atoms with Crippen LogP contribution in [0.2, 0.25) is 0 Å². The van der Waals surface area contributed by atoms with Gasteiger partial charge in [0.15, 0.2) is 0 Å². The highest BCUT2D eigenvalue weighted by Gasteiger charge is 2.05. The summed E-state index contributed by atoms with van der Waals surface area (Å²) in [6.45, 7) is 7.86. The van der Waals surface area contributed by atoms with Crippen molar-refractivity contribution in [2.24, 2.45) is 4.99 Å². The van der Waals surface area contributed by atoms with E-state index in [0.29, 0.717) is 5.69 Å². The zero-order valence-corrected chi connectivity index (χ0v) is 19.9. The summed E-state index contributed by atoms with van der Waals surface area (Å²) in [5, 5.41) is 9.62. The number of hydrogen-bond donors (Lipinski definition) is 2. The monoisotopic (exact) mass is 514 g/mol. The lowest BCUT2D eigenvalue weighted by Gasteiger charge is -2.08. The zero-order chi connectivity index (χ0) is 21.9. The Balaban J connectivity index is 0.000000483. The van der Waals surface area contributed by atoms with Crippen molar-refractivity contribution >= 4 is 55.4 Å². The van der Waals surface area contributed by atoms with Gasteiger partial charge in [0.05, 0.1) is 12.8 Å². The highest BCUT2D eigenvalue weighted by atomic mass is 79.9. The summed E-state index contributed by atoms with van der Waals surface area (Å²) in [5.41, 5.74) is 5.71. The number of methoxy groups -OCH3 is 1. The molecule has 8 heteroatoms. The van der Waals surface area contributed by atoms with Crippen molar-refractivity contribution in [3.8, 4) is 0 Å². The zero-order valence-electron chi connectivity index (χ0n) is 16.7. The van der Waals surface area contributed by atoms with Gasteiger partial charge in [-0.3, -0.25) is 5.32 Å². The number of halogens is 2. The van der Waals surface area contributed by atoms with Crippen LogP contribution >= 0.6 is 31.9 Å². The second-order valence-electron chi connectivity index (χ2n) is 5.64. The molecule has 0 radical (unpaired) electrons. The standard InChI is InChI=1S/C10H12BrNO2.C9H8BrNO.CH4O/c1-6-4-8(12-10(13)14-3)5-7(2)9(6)11;1-6-3-8(11-5-12)4-7(2)9(6)10;1-2/h4-5H,1-3H3,(H,12,13);3-4H,1-2H3;2H,1H3. The smallest absolute Gasteiger partial charge is 0.411 e. The van der Waals surface area contributed by atoms with E-state index in [1.54, 1.807) is 0 Å². The maximum Gasteiger partial charge on any atom is 0.411 e. The maximum absolute atomic E-state index is 10.9. The lowest BCUT2D eigenvalue weighted by molar-refractivity contribution is 0.187. The van der Waals surface area contributed by atoms with Crippen LogP contribution < -0.4 is 5.32 Å². The maximum atomic E-state index is 10.9. The number of anilines is 1. The van der Waals surface area contributed by atoms with Crippen molar-refractivity contribution in [2.75, 3.05) is 19.5 Å². The van der Waals surface area contributed by atoms with Crippen LogP contribution in [0.5, 0.6) is 0 Å². The first-order valence-electron chi connectivity index (χ1n) is 8.10. The van der Waals surface area contributed by atoms with Gasteiger partial charge in [0, 0.05) is 21.7 Å². The van der Waals surface area contributed by atoms with Gasteiger partial charge in [0.1, 0.15) is 0 Å². The van der Waals surface area contributed by atoms with Gasteiger partial charge in [0.2, 0.25) is 6.08 Å². The molecule has 0 heterocycles. The molecule has 0 aliphatic carbocycles. The van der Waals surface area contributed by atoms with Crippen LogP contribution in [0.15, 0.2) is 38.2 Å². The van der Waals surface area contributed by atoms with Crippen LogP contribution in [-0.2, 0) is 9.53 Å². The Bertz CT molecular complexity index is 817. The first kappa shape index (κ1) is 26.0. The van der Waals surface area contributed by atoms with E-state index in [2.05, 4.69) is 46.9 Å². The first-order valence-corrected chi connectivity index (χ1v) is 9.69. The Morgan fingerprint density at radius 3 is 1.71 bits per heavy atom. The van der Waals surface area contributed by atoms with Crippen LogP contribution in [0.3, 0.4) is 0 Å². The predicted molar refractivity (Wildman–Crippen MR) is 119 cm³/mol. The van der Waals surface area contributed by atoms with Gasteiger partial charge in [-0.25, -0.2) is 9.59 Å². The van der Waals surface area contributed by atoms with Crippen LogP contribution in [-0.4, -0.2) is 31.5 Å². The molecule has 0 saturated heterocycles. The molecule has 2 aromatic carbocycles. The molecule has 0 spiro atoms. The summed E-state index contributed by atoms with van der Waals surface area (Å²) in [6, 6.07) is 7.44. The van der Waals surface area contributed by atoms with Crippen molar-refractivity contribution in [2.45, 2.75) is 27.7 Å². The minimum absolute atomic E-state index is 0.453. The molecular weight excluding hydrogens is 492 g/mol.